The number of benzene rings is 1. The maximum Gasteiger partial charge on any atom is 0.328 e. The van der Waals surface area contributed by atoms with Crippen LogP contribution in [0.15, 0.2) is 30.3 Å². The number of anilines is 1. The summed E-state index contributed by atoms with van der Waals surface area (Å²) < 4.78 is 0. The summed E-state index contributed by atoms with van der Waals surface area (Å²) in [6.07, 6.45) is 4.44. The van der Waals surface area contributed by atoms with Gasteiger partial charge >= 0.3 is 12.0 Å². The summed E-state index contributed by atoms with van der Waals surface area (Å²) in [6, 6.07) is 6.94. The number of amides is 2. The molecule has 0 aromatic heterocycles. The highest BCUT2D eigenvalue weighted by Gasteiger charge is 2.11. The first-order valence-electron chi connectivity index (χ1n) is 7.13. The normalized spacial score (nSPS) is 10.6. The van der Waals surface area contributed by atoms with E-state index in [0.29, 0.717) is 5.69 Å². The zero-order valence-electron chi connectivity index (χ0n) is 12.5. The van der Waals surface area contributed by atoms with Crippen LogP contribution in [0.3, 0.4) is 0 Å². The third-order valence-electron chi connectivity index (χ3n) is 2.85. The monoisotopic (exact) mass is 290 g/mol. The van der Waals surface area contributed by atoms with Gasteiger partial charge in [-0.15, -0.1) is 0 Å². The number of aliphatic carboxylic acids is 1. The molecule has 0 atom stereocenters. The molecule has 0 aliphatic rings. The van der Waals surface area contributed by atoms with Crippen LogP contribution in [0.2, 0.25) is 0 Å². The fraction of sp³-hybridized carbons (Fsp3) is 0.375. The zero-order chi connectivity index (χ0) is 15.7. The molecule has 5 nitrogen and oxygen atoms in total. The SMILES string of the molecule is CCCN(CCC)C(=O)Nc1ccc(/C=C/C(=O)O)cc1. The van der Waals surface area contributed by atoms with Gasteiger partial charge in [-0.1, -0.05) is 26.0 Å². The topological polar surface area (TPSA) is 69.6 Å². The van der Waals surface area contributed by atoms with E-state index in [9.17, 15) is 9.59 Å². The van der Waals surface area contributed by atoms with E-state index >= 15 is 0 Å². The number of carbonyl (C=O) groups is 2. The first-order valence-corrected chi connectivity index (χ1v) is 7.13. The Balaban J connectivity index is 2.65. The highest BCUT2D eigenvalue weighted by molar-refractivity contribution is 5.89. The van der Waals surface area contributed by atoms with Crippen LogP contribution >= 0.6 is 0 Å². The smallest absolute Gasteiger partial charge is 0.328 e. The fourth-order valence-corrected chi connectivity index (χ4v) is 1.90. The van der Waals surface area contributed by atoms with Gasteiger partial charge in [-0.25, -0.2) is 9.59 Å². The molecule has 0 aliphatic carbocycles. The molecule has 0 saturated heterocycles. The van der Waals surface area contributed by atoms with Crippen LogP contribution in [0, 0.1) is 0 Å². The summed E-state index contributed by atoms with van der Waals surface area (Å²) >= 11 is 0. The second-order valence-electron chi connectivity index (χ2n) is 4.71. The predicted octanol–water partition coefficient (Wildman–Crippen LogP) is 3.44. The van der Waals surface area contributed by atoms with Gasteiger partial charge in [-0.3, -0.25) is 0 Å². The van der Waals surface area contributed by atoms with E-state index in [1.165, 1.54) is 6.08 Å². The van der Waals surface area contributed by atoms with Crippen molar-refractivity contribution >= 4 is 23.8 Å². The van der Waals surface area contributed by atoms with Crippen molar-refractivity contribution in [2.45, 2.75) is 26.7 Å². The number of carboxylic acids is 1. The van der Waals surface area contributed by atoms with Crippen molar-refractivity contribution in [2.75, 3.05) is 18.4 Å². The molecule has 0 spiro atoms. The maximum atomic E-state index is 12.1. The van der Waals surface area contributed by atoms with E-state index in [4.69, 9.17) is 5.11 Å². The highest BCUT2D eigenvalue weighted by Crippen LogP contribution is 2.12. The minimum absolute atomic E-state index is 0.104. The van der Waals surface area contributed by atoms with E-state index < -0.39 is 5.97 Å². The van der Waals surface area contributed by atoms with Crippen LogP contribution in [0.5, 0.6) is 0 Å². The summed E-state index contributed by atoms with van der Waals surface area (Å²) in [5.74, 6) is -0.984. The number of hydrogen-bond donors (Lipinski definition) is 2. The van der Waals surface area contributed by atoms with Gasteiger partial charge in [0, 0.05) is 24.9 Å². The first kappa shape index (κ1) is 16.8. The molecule has 0 bridgehead atoms. The Hall–Kier alpha value is -2.30. The molecule has 0 fully saturated rings. The third kappa shape index (κ3) is 6.12. The van der Waals surface area contributed by atoms with E-state index in [2.05, 4.69) is 5.32 Å². The Bertz CT molecular complexity index is 489. The van der Waals surface area contributed by atoms with Crippen molar-refractivity contribution in [2.24, 2.45) is 0 Å². The zero-order valence-corrected chi connectivity index (χ0v) is 12.5. The van der Waals surface area contributed by atoms with Gasteiger partial charge in [-0.2, -0.15) is 0 Å². The van der Waals surface area contributed by atoms with Gasteiger partial charge in [0.25, 0.3) is 0 Å². The maximum absolute atomic E-state index is 12.1. The quantitative estimate of drug-likeness (QED) is 0.756. The fourth-order valence-electron chi connectivity index (χ4n) is 1.90. The van der Waals surface area contributed by atoms with Crippen LogP contribution < -0.4 is 5.32 Å². The van der Waals surface area contributed by atoms with Gasteiger partial charge in [0.2, 0.25) is 0 Å². The molecule has 0 heterocycles. The Morgan fingerprint density at radius 3 is 2.19 bits per heavy atom. The predicted molar refractivity (Wildman–Crippen MR) is 84.3 cm³/mol. The first-order chi connectivity index (χ1) is 10.1. The van der Waals surface area contributed by atoms with Crippen molar-refractivity contribution < 1.29 is 14.7 Å². The molecule has 114 valence electrons. The Morgan fingerprint density at radius 2 is 1.71 bits per heavy atom. The van der Waals surface area contributed by atoms with Gasteiger partial charge < -0.3 is 15.3 Å². The summed E-state index contributed by atoms with van der Waals surface area (Å²) in [7, 11) is 0. The second-order valence-corrected chi connectivity index (χ2v) is 4.71. The molecule has 1 aromatic carbocycles. The lowest BCUT2D eigenvalue weighted by molar-refractivity contribution is -0.131. The molecule has 2 N–H and O–H groups in total. The lowest BCUT2D eigenvalue weighted by atomic mass is 10.2. The molecule has 1 rings (SSSR count). The molecule has 0 radical (unpaired) electrons. The van der Waals surface area contributed by atoms with E-state index in [-0.39, 0.29) is 6.03 Å². The number of carboxylic acid groups (broad SMARTS) is 1. The summed E-state index contributed by atoms with van der Waals surface area (Å²) in [5, 5.41) is 11.4. The van der Waals surface area contributed by atoms with Crippen molar-refractivity contribution in [3.05, 3.63) is 35.9 Å². The minimum atomic E-state index is -0.984. The lowest BCUT2D eigenvalue weighted by Crippen LogP contribution is -2.36. The average molecular weight is 290 g/mol. The van der Waals surface area contributed by atoms with E-state index in [1.807, 2.05) is 13.8 Å². The number of nitrogens with one attached hydrogen (secondary N) is 1. The third-order valence-corrected chi connectivity index (χ3v) is 2.85. The Morgan fingerprint density at radius 1 is 1.14 bits per heavy atom. The van der Waals surface area contributed by atoms with Crippen LogP contribution in [0.1, 0.15) is 32.3 Å². The number of urea groups is 1. The Labute approximate surface area is 125 Å². The summed E-state index contributed by atoms with van der Waals surface area (Å²) in [4.78, 5) is 24.3. The van der Waals surface area contributed by atoms with Gasteiger partial charge in [0.1, 0.15) is 0 Å². The van der Waals surface area contributed by atoms with Gasteiger partial charge in [-0.05, 0) is 36.6 Å². The molecule has 21 heavy (non-hydrogen) atoms. The van der Waals surface area contributed by atoms with Crippen LogP contribution in [0.4, 0.5) is 10.5 Å². The van der Waals surface area contributed by atoms with Crippen molar-refractivity contribution in [1.82, 2.24) is 4.90 Å². The molecular formula is C16H22N2O3. The molecule has 1 aromatic rings. The van der Waals surface area contributed by atoms with Crippen molar-refractivity contribution in [1.29, 1.82) is 0 Å². The number of nitrogens with zero attached hydrogens (tertiary/aromatic N) is 1. The lowest BCUT2D eigenvalue weighted by Gasteiger charge is -2.21. The molecule has 0 aliphatic heterocycles. The molecule has 2 amide bonds. The van der Waals surface area contributed by atoms with Gasteiger partial charge in [0.05, 0.1) is 0 Å². The van der Waals surface area contributed by atoms with E-state index in [1.54, 1.807) is 29.2 Å². The van der Waals surface area contributed by atoms with Crippen LogP contribution in [-0.4, -0.2) is 35.1 Å². The minimum Gasteiger partial charge on any atom is -0.478 e. The van der Waals surface area contributed by atoms with E-state index in [0.717, 1.165) is 37.6 Å². The highest BCUT2D eigenvalue weighted by atomic mass is 16.4. The summed E-state index contributed by atoms with van der Waals surface area (Å²) in [5.41, 5.74) is 1.47. The van der Waals surface area contributed by atoms with Crippen LogP contribution in [-0.2, 0) is 4.79 Å². The number of hydrogen-bond acceptors (Lipinski definition) is 2. The molecule has 5 heteroatoms. The van der Waals surface area contributed by atoms with Crippen molar-refractivity contribution in [3.8, 4) is 0 Å². The standard InChI is InChI=1S/C16H22N2O3/c1-3-11-18(12-4-2)16(21)17-14-8-5-13(6-9-14)7-10-15(19)20/h5-10H,3-4,11-12H2,1-2H3,(H,17,21)(H,19,20)/b10-7+. The molecular weight excluding hydrogens is 268 g/mol. The largest absolute Gasteiger partial charge is 0.478 e. The molecule has 0 unspecified atom stereocenters. The van der Waals surface area contributed by atoms with Crippen LogP contribution in [0.25, 0.3) is 6.08 Å². The Kier molecular flexibility index (Phi) is 7.01. The number of carbonyl (C=O) groups excluding carboxylic acids is 1. The number of rotatable bonds is 7. The van der Waals surface area contributed by atoms with Gasteiger partial charge in [0.15, 0.2) is 0 Å². The van der Waals surface area contributed by atoms with Crippen molar-refractivity contribution in [3.63, 3.8) is 0 Å². The molecule has 0 saturated carbocycles. The average Bonchev–Trinajstić information content (AvgIpc) is 2.46. The summed E-state index contributed by atoms with van der Waals surface area (Å²) in [6.45, 7) is 5.55. The second kappa shape index (κ2) is 8.79.